The molecule has 0 radical (unpaired) electrons. The van der Waals surface area contributed by atoms with Crippen LogP contribution in [0.1, 0.15) is 17.8 Å². The number of hydrogen-bond acceptors (Lipinski definition) is 7. The number of ether oxygens (including phenoxy) is 3. The van der Waals surface area contributed by atoms with E-state index in [9.17, 15) is 0 Å². The van der Waals surface area contributed by atoms with Crippen molar-refractivity contribution in [1.82, 2.24) is 24.3 Å². The van der Waals surface area contributed by atoms with Gasteiger partial charge < -0.3 is 28.5 Å². The number of methoxy groups -OCH3 is 3. The Morgan fingerprint density at radius 3 is 2.60 bits per heavy atom. The highest BCUT2D eigenvalue weighted by Gasteiger charge is 2.18. The van der Waals surface area contributed by atoms with Crippen molar-refractivity contribution in [3.05, 3.63) is 42.2 Å². The van der Waals surface area contributed by atoms with Crippen LogP contribution in [0.25, 0.3) is 11.4 Å². The van der Waals surface area contributed by atoms with Crippen molar-refractivity contribution in [3.8, 4) is 22.9 Å². The predicted molar refractivity (Wildman–Crippen MR) is 110 cm³/mol. The molecule has 1 N–H and O–H groups in total. The average molecular weight is 417 g/mol. The zero-order valence-electron chi connectivity index (χ0n) is 17.6. The van der Waals surface area contributed by atoms with Crippen molar-refractivity contribution in [2.24, 2.45) is 0 Å². The van der Waals surface area contributed by atoms with Crippen molar-refractivity contribution in [3.63, 3.8) is 0 Å². The molecule has 0 aliphatic rings. The van der Waals surface area contributed by atoms with Gasteiger partial charge in [-0.05, 0) is 31.0 Å². The molecule has 0 saturated carbocycles. The van der Waals surface area contributed by atoms with Crippen LogP contribution in [0.2, 0.25) is 0 Å². The first-order valence-corrected chi connectivity index (χ1v) is 9.27. The fourth-order valence-corrected chi connectivity index (χ4v) is 3.07. The summed E-state index contributed by atoms with van der Waals surface area (Å²) >= 11 is 0. The van der Waals surface area contributed by atoms with Gasteiger partial charge in [-0.1, -0.05) is 0 Å². The molecule has 3 rings (SSSR count). The van der Waals surface area contributed by atoms with E-state index in [2.05, 4.69) is 15.2 Å². The average Bonchev–Trinajstić information content (AvgIpc) is 3.38. The van der Waals surface area contributed by atoms with Gasteiger partial charge >= 0.3 is 0 Å². The summed E-state index contributed by atoms with van der Waals surface area (Å²) in [5.41, 5.74) is 1.95. The number of aryl methyl sites for hydroxylation is 2. The summed E-state index contributed by atoms with van der Waals surface area (Å²) in [6, 6.07) is 3.99. The molecule has 10 heteroatoms. The smallest absolute Gasteiger partial charge is 0.290 e. The van der Waals surface area contributed by atoms with Crippen LogP contribution in [0, 0.1) is 6.92 Å². The fourth-order valence-electron chi connectivity index (χ4n) is 3.07. The molecule has 0 atom stereocenters. The fraction of sp³-hybridized carbons (Fsp3) is 0.400. The van der Waals surface area contributed by atoms with E-state index >= 15 is 0 Å². The van der Waals surface area contributed by atoms with E-state index in [1.54, 1.807) is 33.9 Å². The second-order valence-corrected chi connectivity index (χ2v) is 6.32. The lowest BCUT2D eigenvalue weighted by Crippen LogP contribution is -2.10. The third kappa shape index (κ3) is 5.57. The van der Waals surface area contributed by atoms with E-state index in [4.69, 9.17) is 24.1 Å². The maximum atomic E-state index is 8.36. The lowest BCUT2D eigenvalue weighted by Gasteiger charge is -2.15. The monoisotopic (exact) mass is 417 g/mol. The summed E-state index contributed by atoms with van der Waals surface area (Å²) in [5.74, 6) is 3.01. The van der Waals surface area contributed by atoms with Gasteiger partial charge in [-0.15, -0.1) is 10.2 Å². The van der Waals surface area contributed by atoms with Crippen LogP contribution in [0.5, 0.6) is 11.5 Å². The number of nitrogens with zero attached hydrogens (tertiary/aromatic N) is 5. The minimum atomic E-state index is -0.250. The normalized spacial score (nSPS) is 10.3. The first-order chi connectivity index (χ1) is 14.6. The Morgan fingerprint density at radius 2 is 1.93 bits per heavy atom. The Labute approximate surface area is 175 Å². The van der Waals surface area contributed by atoms with Crippen LogP contribution in [0.4, 0.5) is 0 Å². The van der Waals surface area contributed by atoms with Crippen LogP contribution < -0.4 is 9.47 Å². The van der Waals surface area contributed by atoms with Gasteiger partial charge in [0.05, 0.1) is 26.3 Å². The molecule has 0 amide bonds. The van der Waals surface area contributed by atoms with Crippen LogP contribution in [0.3, 0.4) is 0 Å². The SMILES string of the molecule is COCCCn1cnnc1Cn1ccnc1-c1cc(C)cc(OC)c1OC.O=CO. The van der Waals surface area contributed by atoms with Gasteiger partial charge in [-0.3, -0.25) is 4.79 Å². The third-order valence-electron chi connectivity index (χ3n) is 4.33. The van der Waals surface area contributed by atoms with Crippen LogP contribution in [-0.4, -0.2) is 63.8 Å². The van der Waals surface area contributed by atoms with E-state index in [0.29, 0.717) is 24.7 Å². The Morgan fingerprint density at radius 1 is 1.17 bits per heavy atom. The third-order valence-corrected chi connectivity index (χ3v) is 4.33. The van der Waals surface area contributed by atoms with E-state index in [-0.39, 0.29) is 6.47 Å². The molecule has 0 spiro atoms. The Balaban J connectivity index is 0.00000101. The van der Waals surface area contributed by atoms with Crippen molar-refractivity contribution in [2.75, 3.05) is 27.9 Å². The minimum Gasteiger partial charge on any atom is -0.493 e. The molecule has 162 valence electrons. The molecule has 2 heterocycles. The van der Waals surface area contributed by atoms with Gasteiger partial charge in [0.2, 0.25) is 0 Å². The van der Waals surface area contributed by atoms with Crippen molar-refractivity contribution in [2.45, 2.75) is 26.4 Å². The summed E-state index contributed by atoms with van der Waals surface area (Å²) in [6.45, 7) is 3.84. The van der Waals surface area contributed by atoms with E-state index in [1.807, 2.05) is 34.4 Å². The van der Waals surface area contributed by atoms with Gasteiger partial charge in [-0.2, -0.15) is 0 Å². The second kappa shape index (κ2) is 11.6. The van der Waals surface area contributed by atoms with Gasteiger partial charge in [0.15, 0.2) is 17.3 Å². The first-order valence-electron chi connectivity index (χ1n) is 9.27. The summed E-state index contributed by atoms with van der Waals surface area (Å²) in [5, 5.41) is 15.2. The number of imidazole rings is 1. The van der Waals surface area contributed by atoms with Crippen molar-refractivity contribution >= 4 is 6.47 Å². The maximum absolute atomic E-state index is 8.36. The standard InChI is InChI=1S/C19H25N5O3.CH2O2/c1-14-10-15(18(27-4)16(11-14)26-3)19-20-6-8-23(19)12-17-22-21-13-24(17)7-5-9-25-2;2-1-3/h6,8,10-11,13H,5,7,9,12H2,1-4H3;1H,(H,2,3). The molecule has 30 heavy (non-hydrogen) atoms. The number of hydrogen-bond donors (Lipinski definition) is 1. The molecule has 3 aromatic rings. The topological polar surface area (TPSA) is 114 Å². The Kier molecular flexibility index (Phi) is 8.82. The molecule has 0 saturated heterocycles. The van der Waals surface area contributed by atoms with Gasteiger partial charge in [0.25, 0.3) is 6.47 Å². The summed E-state index contributed by atoms with van der Waals surface area (Å²) in [6.07, 6.45) is 6.35. The lowest BCUT2D eigenvalue weighted by atomic mass is 10.1. The summed E-state index contributed by atoms with van der Waals surface area (Å²) in [7, 11) is 4.97. The number of aromatic nitrogens is 5. The molecule has 10 nitrogen and oxygen atoms in total. The highest BCUT2D eigenvalue weighted by atomic mass is 16.5. The molecule has 1 aromatic carbocycles. The Hall–Kier alpha value is -3.40. The van der Waals surface area contributed by atoms with Crippen molar-refractivity contribution in [1.29, 1.82) is 0 Å². The maximum Gasteiger partial charge on any atom is 0.290 e. The Bertz CT molecular complexity index is 938. The number of carbonyl (C=O) groups is 1. The van der Waals surface area contributed by atoms with E-state index < -0.39 is 0 Å². The van der Waals surface area contributed by atoms with E-state index in [0.717, 1.165) is 35.7 Å². The number of benzene rings is 1. The second-order valence-electron chi connectivity index (χ2n) is 6.32. The molecule has 2 aromatic heterocycles. The predicted octanol–water partition coefficient (Wildman–Crippen LogP) is 2.25. The minimum absolute atomic E-state index is 0.250. The highest BCUT2D eigenvalue weighted by molar-refractivity contribution is 5.70. The number of rotatable bonds is 9. The summed E-state index contributed by atoms with van der Waals surface area (Å²) < 4.78 is 20.3. The largest absolute Gasteiger partial charge is 0.493 e. The van der Waals surface area contributed by atoms with Gasteiger partial charge in [0, 0.05) is 32.7 Å². The zero-order chi connectivity index (χ0) is 21.9. The molecule has 0 aliphatic carbocycles. The molecular weight excluding hydrogens is 390 g/mol. The summed E-state index contributed by atoms with van der Waals surface area (Å²) in [4.78, 5) is 12.9. The lowest BCUT2D eigenvalue weighted by molar-refractivity contribution is -0.122. The molecule has 0 unspecified atom stereocenters. The van der Waals surface area contributed by atoms with Crippen LogP contribution in [-0.2, 0) is 22.6 Å². The number of carboxylic acid groups (broad SMARTS) is 1. The molecule has 0 aliphatic heterocycles. The molecular formula is C20H27N5O5. The van der Waals surface area contributed by atoms with E-state index in [1.165, 1.54) is 0 Å². The molecule has 0 bridgehead atoms. The zero-order valence-corrected chi connectivity index (χ0v) is 17.6. The van der Waals surface area contributed by atoms with Crippen LogP contribution >= 0.6 is 0 Å². The highest BCUT2D eigenvalue weighted by Crippen LogP contribution is 2.38. The van der Waals surface area contributed by atoms with Crippen LogP contribution in [0.15, 0.2) is 30.9 Å². The van der Waals surface area contributed by atoms with Crippen molar-refractivity contribution < 1.29 is 24.1 Å². The van der Waals surface area contributed by atoms with Gasteiger partial charge in [-0.25, -0.2) is 4.98 Å². The van der Waals surface area contributed by atoms with Gasteiger partial charge in [0.1, 0.15) is 12.2 Å². The molecule has 0 fully saturated rings. The first kappa shape index (κ1) is 22.9. The quantitative estimate of drug-likeness (QED) is 0.417.